The SMILES string of the molecule is C=C(C)C(=O)O.CC(CCl)N(C)C. The van der Waals surface area contributed by atoms with Crippen LogP contribution in [0.25, 0.3) is 0 Å². The molecule has 0 aromatic carbocycles. The molecule has 0 spiro atoms. The Kier molecular flexibility index (Phi) is 9.29. The lowest BCUT2D eigenvalue weighted by Gasteiger charge is -2.15. The molecule has 0 aliphatic carbocycles. The molecule has 0 saturated carbocycles. The third-order valence-electron chi connectivity index (χ3n) is 1.47. The second-order valence-corrected chi connectivity index (χ2v) is 3.36. The van der Waals surface area contributed by atoms with Crippen molar-refractivity contribution in [1.29, 1.82) is 0 Å². The summed E-state index contributed by atoms with van der Waals surface area (Å²) in [6.07, 6.45) is 0. The van der Waals surface area contributed by atoms with Gasteiger partial charge in [0, 0.05) is 17.5 Å². The van der Waals surface area contributed by atoms with Crippen LogP contribution in [0.4, 0.5) is 0 Å². The van der Waals surface area contributed by atoms with Crippen LogP contribution in [-0.2, 0) is 4.79 Å². The summed E-state index contributed by atoms with van der Waals surface area (Å²) in [6.45, 7) is 6.69. The molecule has 0 aromatic rings. The van der Waals surface area contributed by atoms with Gasteiger partial charge in [-0.25, -0.2) is 4.79 Å². The van der Waals surface area contributed by atoms with Crippen molar-refractivity contribution in [2.75, 3.05) is 20.0 Å². The molecule has 1 N–H and O–H groups in total. The van der Waals surface area contributed by atoms with Gasteiger partial charge in [0.1, 0.15) is 0 Å². The monoisotopic (exact) mass is 207 g/mol. The van der Waals surface area contributed by atoms with Gasteiger partial charge >= 0.3 is 5.97 Å². The van der Waals surface area contributed by atoms with Crippen molar-refractivity contribution < 1.29 is 9.90 Å². The maximum absolute atomic E-state index is 9.60. The minimum absolute atomic E-state index is 0.176. The zero-order valence-corrected chi connectivity index (χ0v) is 9.43. The summed E-state index contributed by atoms with van der Waals surface area (Å²) in [6, 6.07) is 0.502. The van der Waals surface area contributed by atoms with Gasteiger partial charge in [-0.2, -0.15) is 0 Å². The molecule has 0 bridgehead atoms. The van der Waals surface area contributed by atoms with Crippen molar-refractivity contribution in [2.24, 2.45) is 0 Å². The Bertz CT molecular complexity index is 157. The fraction of sp³-hybridized carbons (Fsp3) is 0.667. The van der Waals surface area contributed by atoms with Crippen LogP contribution < -0.4 is 0 Å². The van der Waals surface area contributed by atoms with Gasteiger partial charge in [-0.3, -0.25) is 0 Å². The number of aliphatic carboxylic acids is 1. The lowest BCUT2D eigenvalue weighted by atomic mass is 10.4. The smallest absolute Gasteiger partial charge is 0.330 e. The van der Waals surface area contributed by atoms with Crippen LogP contribution >= 0.6 is 11.6 Å². The quantitative estimate of drug-likeness (QED) is 0.567. The molecule has 0 aliphatic rings. The first-order chi connectivity index (χ1) is 5.82. The van der Waals surface area contributed by atoms with Gasteiger partial charge in [0.15, 0.2) is 0 Å². The van der Waals surface area contributed by atoms with E-state index in [4.69, 9.17) is 16.7 Å². The van der Waals surface area contributed by atoms with E-state index in [9.17, 15) is 4.79 Å². The summed E-state index contributed by atoms with van der Waals surface area (Å²) in [5, 5.41) is 7.89. The van der Waals surface area contributed by atoms with Crippen molar-refractivity contribution in [3.05, 3.63) is 12.2 Å². The molecule has 0 rings (SSSR count). The van der Waals surface area contributed by atoms with Crippen molar-refractivity contribution in [2.45, 2.75) is 19.9 Å². The van der Waals surface area contributed by atoms with Gasteiger partial charge in [0.25, 0.3) is 0 Å². The van der Waals surface area contributed by atoms with Crippen molar-refractivity contribution >= 4 is 17.6 Å². The molecule has 13 heavy (non-hydrogen) atoms. The van der Waals surface area contributed by atoms with Crippen LogP contribution in [0, 0.1) is 0 Å². The first-order valence-electron chi connectivity index (χ1n) is 3.94. The Balaban J connectivity index is 0. The third-order valence-corrected chi connectivity index (χ3v) is 1.92. The van der Waals surface area contributed by atoms with Crippen molar-refractivity contribution in [3.63, 3.8) is 0 Å². The third kappa shape index (κ3) is 11.5. The van der Waals surface area contributed by atoms with Crippen molar-refractivity contribution in [1.82, 2.24) is 4.90 Å². The number of rotatable bonds is 3. The highest BCUT2D eigenvalue weighted by Crippen LogP contribution is 1.91. The number of halogens is 1. The Morgan fingerprint density at radius 1 is 1.62 bits per heavy atom. The normalized spacial score (nSPS) is 11.5. The van der Waals surface area contributed by atoms with E-state index in [0.29, 0.717) is 11.9 Å². The first kappa shape index (κ1) is 15.0. The molecule has 0 radical (unpaired) electrons. The molecule has 0 aromatic heterocycles. The standard InChI is InChI=1S/C5H12ClN.C4H6O2/c1-5(4-6)7(2)3;1-3(2)4(5)6/h5H,4H2,1-3H3;1H2,2H3,(H,5,6). The van der Waals surface area contributed by atoms with Crippen LogP contribution in [0.15, 0.2) is 12.2 Å². The van der Waals surface area contributed by atoms with Gasteiger partial charge in [-0.15, -0.1) is 11.6 Å². The molecule has 0 fully saturated rings. The predicted octanol–water partition coefficient (Wildman–Crippen LogP) is 1.82. The second kappa shape index (κ2) is 8.08. The summed E-state index contributed by atoms with van der Waals surface area (Å²) < 4.78 is 0. The minimum Gasteiger partial charge on any atom is -0.478 e. The first-order valence-corrected chi connectivity index (χ1v) is 4.47. The molecule has 0 amide bonds. The number of carbonyl (C=O) groups is 1. The topological polar surface area (TPSA) is 40.5 Å². The van der Waals surface area contributed by atoms with E-state index in [0.717, 1.165) is 0 Å². The highest BCUT2D eigenvalue weighted by molar-refractivity contribution is 6.18. The van der Waals surface area contributed by atoms with Gasteiger partial charge in [0.2, 0.25) is 0 Å². The average Bonchev–Trinajstić information content (AvgIpc) is 2.03. The van der Waals surface area contributed by atoms with Crippen molar-refractivity contribution in [3.8, 4) is 0 Å². The van der Waals surface area contributed by atoms with Gasteiger partial charge in [0.05, 0.1) is 0 Å². The van der Waals surface area contributed by atoms with E-state index in [2.05, 4.69) is 18.4 Å². The summed E-state index contributed by atoms with van der Waals surface area (Å²) in [4.78, 5) is 11.7. The summed E-state index contributed by atoms with van der Waals surface area (Å²) in [7, 11) is 4.04. The summed E-state index contributed by atoms with van der Waals surface area (Å²) in [5.41, 5.74) is 0.176. The van der Waals surface area contributed by atoms with E-state index < -0.39 is 5.97 Å². The lowest BCUT2D eigenvalue weighted by Crippen LogP contribution is -2.25. The molecule has 4 heteroatoms. The number of alkyl halides is 1. The second-order valence-electron chi connectivity index (χ2n) is 3.05. The van der Waals surface area contributed by atoms with E-state index in [-0.39, 0.29) is 5.57 Å². The fourth-order valence-electron chi connectivity index (χ4n) is 0.138. The zero-order valence-electron chi connectivity index (χ0n) is 8.67. The molecule has 1 unspecified atom stereocenters. The highest BCUT2D eigenvalue weighted by Gasteiger charge is 1.98. The molecule has 78 valence electrons. The minimum atomic E-state index is -0.935. The van der Waals surface area contributed by atoms with E-state index in [1.165, 1.54) is 6.92 Å². The van der Waals surface area contributed by atoms with Crippen LogP contribution in [0.3, 0.4) is 0 Å². The number of carboxylic acids is 1. The predicted molar refractivity (Wildman–Crippen MR) is 56.3 cm³/mol. The molecule has 3 nitrogen and oxygen atoms in total. The average molecular weight is 208 g/mol. The summed E-state index contributed by atoms with van der Waals surface area (Å²) in [5.74, 6) is -0.220. The number of nitrogens with zero attached hydrogens (tertiary/aromatic N) is 1. The molecular formula is C9H18ClNO2. The number of carboxylic acid groups (broad SMARTS) is 1. The maximum atomic E-state index is 9.60. The van der Waals surface area contributed by atoms with Crippen LogP contribution in [0.1, 0.15) is 13.8 Å². The Morgan fingerprint density at radius 3 is 1.92 bits per heavy atom. The summed E-state index contributed by atoms with van der Waals surface area (Å²) >= 11 is 5.51. The van der Waals surface area contributed by atoms with E-state index in [1.807, 2.05) is 14.1 Å². The van der Waals surface area contributed by atoms with E-state index in [1.54, 1.807) is 0 Å². The Labute approximate surface area is 85.0 Å². The van der Waals surface area contributed by atoms with Gasteiger partial charge in [-0.05, 0) is 27.9 Å². The molecule has 0 saturated heterocycles. The van der Waals surface area contributed by atoms with E-state index >= 15 is 0 Å². The largest absolute Gasteiger partial charge is 0.478 e. The van der Waals surface area contributed by atoms with Crippen LogP contribution in [0.5, 0.6) is 0 Å². The zero-order chi connectivity index (χ0) is 11.0. The van der Waals surface area contributed by atoms with Crippen LogP contribution in [-0.4, -0.2) is 42.0 Å². The maximum Gasteiger partial charge on any atom is 0.330 e. The lowest BCUT2D eigenvalue weighted by molar-refractivity contribution is -0.132. The molecule has 0 heterocycles. The van der Waals surface area contributed by atoms with Crippen LogP contribution in [0.2, 0.25) is 0 Å². The molecule has 0 aliphatic heterocycles. The molecular weight excluding hydrogens is 190 g/mol. The number of hydrogen-bond donors (Lipinski definition) is 1. The Morgan fingerprint density at radius 2 is 1.92 bits per heavy atom. The molecule has 1 atom stereocenters. The Hall–Kier alpha value is -0.540. The van der Waals surface area contributed by atoms with Gasteiger partial charge in [-0.1, -0.05) is 6.58 Å². The fourth-order valence-corrected chi connectivity index (χ4v) is 0.414. The van der Waals surface area contributed by atoms with Gasteiger partial charge < -0.3 is 10.0 Å². The number of hydrogen-bond acceptors (Lipinski definition) is 2. The highest BCUT2D eigenvalue weighted by atomic mass is 35.5.